The van der Waals surface area contributed by atoms with Crippen molar-refractivity contribution in [3.63, 3.8) is 0 Å². The Bertz CT molecular complexity index is 683. The van der Waals surface area contributed by atoms with E-state index in [9.17, 15) is 18.4 Å². The van der Waals surface area contributed by atoms with Gasteiger partial charge in [-0.3, -0.25) is 9.59 Å². The normalized spacial score (nSPS) is 11.0. The average Bonchev–Trinajstić information content (AvgIpc) is 2.51. The van der Waals surface area contributed by atoms with E-state index in [1.54, 1.807) is 12.1 Å². The van der Waals surface area contributed by atoms with Gasteiger partial charge in [0, 0.05) is 0 Å². The second kappa shape index (κ2) is 6.56. The third kappa shape index (κ3) is 3.71. The van der Waals surface area contributed by atoms with Crippen LogP contribution in [-0.4, -0.2) is 11.8 Å². The van der Waals surface area contributed by atoms with Gasteiger partial charge in [0.25, 0.3) is 0 Å². The van der Waals surface area contributed by atoms with Gasteiger partial charge in [0.15, 0.2) is 0 Å². The standard InChI is InChI=1S/C17H16F2N2O2/c1-17(2,15(22)20-13-9-5-3-7-11(13)18)16(23)21-14-10-6-4-8-12(14)19/h3-10H,1-2H3,(H,20,22)(H,21,23). The number of hydrogen-bond acceptors (Lipinski definition) is 2. The predicted molar refractivity (Wildman–Crippen MR) is 83.8 cm³/mol. The topological polar surface area (TPSA) is 58.2 Å². The van der Waals surface area contributed by atoms with Crippen molar-refractivity contribution in [1.29, 1.82) is 0 Å². The van der Waals surface area contributed by atoms with Gasteiger partial charge in [-0.1, -0.05) is 24.3 Å². The molecule has 0 atom stereocenters. The highest BCUT2D eigenvalue weighted by Gasteiger charge is 2.36. The van der Waals surface area contributed by atoms with Gasteiger partial charge in [-0.15, -0.1) is 0 Å². The van der Waals surface area contributed by atoms with Crippen molar-refractivity contribution < 1.29 is 18.4 Å². The zero-order valence-corrected chi connectivity index (χ0v) is 12.7. The van der Waals surface area contributed by atoms with Crippen LogP contribution in [0.3, 0.4) is 0 Å². The van der Waals surface area contributed by atoms with E-state index < -0.39 is 28.9 Å². The van der Waals surface area contributed by atoms with Crippen molar-refractivity contribution in [1.82, 2.24) is 0 Å². The quantitative estimate of drug-likeness (QED) is 0.847. The molecule has 2 amide bonds. The second-order valence-corrected chi connectivity index (χ2v) is 5.49. The Morgan fingerprint density at radius 3 is 1.48 bits per heavy atom. The molecule has 0 fully saturated rings. The van der Waals surface area contributed by atoms with Crippen molar-refractivity contribution in [2.45, 2.75) is 13.8 Å². The summed E-state index contributed by atoms with van der Waals surface area (Å²) in [5.41, 5.74) is -1.57. The van der Waals surface area contributed by atoms with Gasteiger partial charge >= 0.3 is 0 Å². The Kier molecular flexibility index (Phi) is 4.74. The summed E-state index contributed by atoms with van der Waals surface area (Å²) < 4.78 is 27.1. The number of hydrogen-bond donors (Lipinski definition) is 2. The fourth-order valence-corrected chi connectivity index (χ4v) is 1.79. The zero-order chi connectivity index (χ0) is 17.0. The Hall–Kier alpha value is -2.76. The monoisotopic (exact) mass is 318 g/mol. The lowest BCUT2D eigenvalue weighted by Crippen LogP contribution is -2.41. The summed E-state index contributed by atoms with van der Waals surface area (Å²) in [5, 5.41) is 4.73. The number of carbonyl (C=O) groups is 2. The van der Waals surface area contributed by atoms with E-state index in [0.29, 0.717) is 0 Å². The molecule has 2 rings (SSSR count). The molecule has 0 heterocycles. The summed E-state index contributed by atoms with van der Waals surface area (Å²) in [6.07, 6.45) is 0. The fourth-order valence-electron chi connectivity index (χ4n) is 1.79. The van der Waals surface area contributed by atoms with Crippen LogP contribution < -0.4 is 10.6 Å². The highest BCUT2D eigenvalue weighted by molar-refractivity contribution is 6.14. The maximum atomic E-state index is 13.6. The van der Waals surface area contributed by atoms with E-state index in [4.69, 9.17) is 0 Å². The minimum atomic E-state index is -1.52. The van der Waals surface area contributed by atoms with E-state index in [1.165, 1.54) is 50.2 Å². The number of nitrogens with one attached hydrogen (secondary N) is 2. The first-order chi connectivity index (χ1) is 10.8. The van der Waals surface area contributed by atoms with E-state index in [1.807, 2.05) is 0 Å². The van der Waals surface area contributed by atoms with E-state index in [0.717, 1.165) is 0 Å². The first kappa shape index (κ1) is 16.6. The minimum Gasteiger partial charge on any atom is -0.323 e. The molecule has 0 saturated carbocycles. The predicted octanol–water partition coefficient (Wildman–Crippen LogP) is 3.57. The molecule has 0 unspecified atom stereocenters. The maximum absolute atomic E-state index is 13.6. The average molecular weight is 318 g/mol. The number of amides is 2. The summed E-state index contributed by atoms with van der Waals surface area (Å²) in [5.74, 6) is -2.61. The molecule has 2 N–H and O–H groups in total. The molecule has 23 heavy (non-hydrogen) atoms. The summed E-state index contributed by atoms with van der Waals surface area (Å²) >= 11 is 0. The summed E-state index contributed by atoms with van der Waals surface area (Å²) in [6, 6.07) is 11.3. The minimum absolute atomic E-state index is 0.0238. The van der Waals surface area contributed by atoms with Crippen molar-refractivity contribution in [3.8, 4) is 0 Å². The van der Waals surface area contributed by atoms with E-state index >= 15 is 0 Å². The van der Waals surface area contributed by atoms with Gasteiger partial charge in [-0.2, -0.15) is 0 Å². The van der Waals surface area contributed by atoms with Crippen LogP contribution in [-0.2, 0) is 9.59 Å². The Morgan fingerprint density at radius 2 is 1.13 bits per heavy atom. The number of carbonyl (C=O) groups excluding carboxylic acids is 2. The molecule has 4 nitrogen and oxygen atoms in total. The summed E-state index contributed by atoms with van der Waals surface area (Å²) in [7, 11) is 0. The van der Waals surface area contributed by atoms with Gasteiger partial charge < -0.3 is 10.6 Å². The van der Waals surface area contributed by atoms with Gasteiger partial charge in [0.2, 0.25) is 11.8 Å². The van der Waals surface area contributed by atoms with Crippen LogP contribution >= 0.6 is 0 Å². The lowest BCUT2D eigenvalue weighted by molar-refractivity contribution is -0.135. The first-order valence-corrected chi connectivity index (χ1v) is 6.94. The maximum Gasteiger partial charge on any atom is 0.239 e. The van der Waals surface area contributed by atoms with Crippen LogP contribution in [0.1, 0.15) is 13.8 Å². The second-order valence-electron chi connectivity index (χ2n) is 5.49. The van der Waals surface area contributed by atoms with Crippen molar-refractivity contribution >= 4 is 23.2 Å². The third-order valence-corrected chi connectivity index (χ3v) is 3.38. The molecule has 0 aliphatic heterocycles. The molecule has 0 spiro atoms. The molecular formula is C17H16F2N2O2. The van der Waals surface area contributed by atoms with Crippen molar-refractivity contribution in [3.05, 3.63) is 60.2 Å². The van der Waals surface area contributed by atoms with Crippen molar-refractivity contribution in [2.75, 3.05) is 10.6 Å². The number of anilines is 2. The molecule has 0 saturated heterocycles. The van der Waals surface area contributed by atoms with Gasteiger partial charge in [-0.05, 0) is 38.1 Å². The molecule has 0 aliphatic carbocycles. The Labute approximate surface area is 132 Å². The smallest absolute Gasteiger partial charge is 0.239 e. The molecule has 0 aromatic heterocycles. The third-order valence-electron chi connectivity index (χ3n) is 3.38. The van der Waals surface area contributed by atoms with Crippen LogP contribution in [0, 0.1) is 17.0 Å². The molecule has 0 bridgehead atoms. The Balaban J connectivity index is 2.13. The van der Waals surface area contributed by atoms with Gasteiger partial charge in [-0.25, -0.2) is 8.78 Å². The highest BCUT2D eigenvalue weighted by atomic mass is 19.1. The Morgan fingerprint density at radius 1 is 0.783 bits per heavy atom. The summed E-state index contributed by atoms with van der Waals surface area (Å²) in [4.78, 5) is 24.5. The lowest BCUT2D eigenvalue weighted by Gasteiger charge is -2.23. The largest absolute Gasteiger partial charge is 0.323 e. The molecule has 0 aliphatic rings. The number of benzene rings is 2. The van der Waals surface area contributed by atoms with Crippen LogP contribution in [0.2, 0.25) is 0 Å². The van der Waals surface area contributed by atoms with Crippen LogP contribution in [0.5, 0.6) is 0 Å². The SMILES string of the molecule is CC(C)(C(=O)Nc1ccccc1F)C(=O)Nc1ccccc1F. The molecular weight excluding hydrogens is 302 g/mol. The number of rotatable bonds is 4. The van der Waals surface area contributed by atoms with Crippen LogP contribution in [0.15, 0.2) is 48.5 Å². The molecule has 2 aromatic carbocycles. The van der Waals surface area contributed by atoms with E-state index in [2.05, 4.69) is 10.6 Å². The zero-order valence-electron chi connectivity index (χ0n) is 12.7. The summed E-state index contributed by atoms with van der Waals surface area (Å²) in [6.45, 7) is 2.75. The number of halogens is 2. The molecule has 6 heteroatoms. The van der Waals surface area contributed by atoms with Crippen LogP contribution in [0.25, 0.3) is 0 Å². The number of para-hydroxylation sites is 2. The molecule has 120 valence electrons. The van der Waals surface area contributed by atoms with Gasteiger partial charge in [0.1, 0.15) is 17.0 Å². The van der Waals surface area contributed by atoms with Crippen molar-refractivity contribution in [2.24, 2.45) is 5.41 Å². The lowest BCUT2D eigenvalue weighted by atomic mass is 9.90. The van der Waals surface area contributed by atoms with Gasteiger partial charge in [0.05, 0.1) is 11.4 Å². The fraction of sp³-hybridized carbons (Fsp3) is 0.176. The molecule has 2 aromatic rings. The first-order valence-electron chi connectivity index (χ1n) is 6.94. The van der Waals surface area contributed by atoms with Crippen LogP contribution in [0.4, 0.5) is 20.2 Å². The highest BCUT2D eigenvalue weighted by Crippen LogP contribution is 2.23. The molecule has 0 radical (unpaired) electrons. The van der Waals surface area contributed by atoms with E-state index in [-0.39, 0.29) is 11.4 Å².